The molecule has 0 aliphatic carbocycles. The fourth-order valence-corrected chi connectivity index (χ4v) is 3.44. The molecule has 0 amide bonds. The molecule has 1 fully saturated rings. The molecular weight excluding hydrogens is 238 g/mol. The molecule has 1 aliphatic heterocycles. The predicted molar refractivity (Wildman–Crippen MR) is 67.6 cm³/mol. The van der Waals surface area contributed by atoms with Crippen LogP contribution < -0.4 is 4.74 Å². The molecule has 1 saturated heterocycles. The molecule has 17 heavy (non-hydrogen) atoms. The first kappa shape index (κ1) is 12.1. The number of rotatable bonds is 3. The van der Waals surface area contributed by atoms with E-state index in [9.17, 15) is 8.42 Å². The third kappa shape index (κ3) is 3.30. The highest BCUT2D eigenvalue weighted by Gasteiger charge is 2.26. The van der Waals surface area contributed by atoms with Crippen LogP contribution in [0.1, 0.15) is 12.0 Å². The highest BCUT2D eigenvalue weighted by molar-refractivity contribution is 7.91. The Kier molecular flexibility index (Phi) is 3.47. The molecule has 0 spiro atoms. The number of hydrogen-bond acceptors (Lipinski definition) is 4. The SMILES string of the molecule is COc1cccc(C=N[C@H]2CCS(=O)(=O)C2)c1. The maximum Gasteiger partial charge on any atom is 0.152 e. The highest BCUT2D eigenvalue weighted by atomic mass is 32.2. The Morgan fingerprint density at radius 1 is 1.47 bits per heavy atom. The van der Waals surface area contributed by atoms with E-state index < -0.39 is 9.84 Å². The second-order valence-corrected chi connectivity index (χ2v) is 6.34. The van der Waals surface area contributed by atoms with Crippen molar-refractivity contribution in [2.24, 2.45) is 4.99 Å². The lowest BCUT2D eigenvalue weighted by Gasteiger charge is -2.01. The zero-order valence-corrected chi connectivity index (χ0v) is 10.5. The van der Waals surface area contributed by atoms with Crippen LogP contribution in [0, 0.1) is 0 Å². The number of benzene rings is 1. The van der Waals surface area contributed by atoms with Gasteiger partial charge in [-0.1, -0.05) is 12.1 Å². The monoisotopic (exact) mass is 253 g/mol. The maximum absolute atomic E-state index is 11.3. The van der Waals surface area contributed by atoms with E-state index in [-0.39, 0.29) is 17.5 Å². The quantitative estimate of drug-likeness (QED) is 0.763. The van der Waals surface area contributed by atoms with Crippen LogP contribution >= 0.6 is 0 Å². The highest BCUT2D eigenvalue weighted by Crippen LogP contribution is 2.15. The van der Waals surface area contributed by atoms with E-state index in [1.807, 2.05) is 24.3 Å². The van der Waals surface area contributed by atoms with Crippen LogP contribution in [0.15, 0.2) is 29.3 Å². The van der Waals surface area contributed by atoms with E-state index in [0.29, 0.717) is 6.42 Å². The largest absolute Gasteiger partial charge is 0.497 e. The summed E-state index contributed by atoms with van der Waals surface area (Å²) < 4.78 is 27.6. The molecule has 1 aromatic carbocycles. The number of hydrogen-bond donors (Lipinski definition) is 0. The third-order valence-corrected chi connectivity index (χ3v) is 4.49. The second kappa shape index (κ2) is 4.87. The van der Waals surface area contributed by atoms with Crippen LogP contribution in [-0.4, -0.2) is 39.3 Å². The topological polar surface area (TPSA) is 55.7 Å². The number of aliphatic imine (C=N–C) groups is 1. The molecule has 5 heteroatoms. The summed E-state index contributed by atoms with van der Waals surface area (Å²) in [6.45, 7) is 0. The zero-order valence-electron chi connectivity index (χ0n) is 9.67. The van der Waals surface area contributed by atoms with Gasteiger partial charge in [-0.15, -0.1) is 0 Å². The van der Waals surface area contributed by atoms with E-state index in [2.05, 4.69) is 4.99 Å². The molecular formula is C12H15NO3S. The number of methoxy groups -OCH3 is 1. The minimum atomic E-state index is -2.85. The second-order valence-electron chi connectivity index (χ2n) is 4.11. The van der Waals surface area contributed by atoms with Crippen LogP contribution in [-0.2, 0) is 9.84 Å². The van der Waals surface area contributed by atoms with Crippen LogP contribution in [0.2, 0.25) is 0 Å². The third-order valence-electron chi connectivity index (χ3n) is 2.74. The summed E-state index contributed by atoms with van der Waals surface area (Å²) in [6, 6.07) is 7.43. The lowest BCUT2D eigenvalue weighted by molar-refractivity contribution is 0.414. The summed E-state index contributed by atoms with van der Waals surface area (Å²) in [7, 11) is -1.24. The number of nitrogens with zero attached hydrogens (tertiary/aromatic N) is 1. The first-order valence-corrected chi connectivity index (χ1v) is 7.29. The first-order chi connectivity index (χ1) is 8.09. The van der Waals surface area contributed by atoms with Gasteiger partial charge in [0.25, 0.3) is 0 Å². The minimum Gasteiger partial charge on any atom is -0.497 e. The van der Waals surface area contributed by atoms with Crippen molar-refractivity contribution in [3.8, 4) is 5.75 Å². The van der Waals surface area contributed by atoms with Gasteiger partial charge < -0.3 is 4.74 Å². The van der Waals surface area contributed by atoms with E-state index in [4.69, 9.17) is 4.74 Å². The van der Waals surface area contributed by atoms with Crippen LogP contribution in [0.4, 0.5) is 0 Å². The molecule has 1 aromatic rings. The van der Waals surface area contributed by atoms with Gasteiger partial charge in [0.2, 0.25) is 0 Å². The molecule has 1 atom stereocenters. The van der Waals surface area contributed by atoms with Crippen LogP contribution in [0.3, 0.4) is 0 Å². The van der Waals surface area contributed by atoms with Gasteiger partial charge in [0.15, 0.2) is 9.84 Å². The molecule has 0 bridgehead atoms. The molecule has 0 saturated carbocycles. The van der Waals surface area contributed by atoms with E-state index in [0.717, 1.165) is 11.3 Å². The fraction of sp³-hybridized carbons (Fsp3) is 0.417. The molecule has 1 heterocycles. The molecule has 0 radical (unpaired) electrons. The van der Waals surface area contributed by atoms with E-state index in [1.165, 1.54) is 0 Å². The van der Waals surface area contributed by atoms with Gasteiger partial charge in [-0.25, -0.2) is 8.42 Å². The summed E-state index contributed by atoms with van der Waals surface area (Å²) in [6.07, 6.45) is 2.34. The Hall–Kier alpha value is -1.36. The zero-order chi connectivity index (χ0) is 12.3. The molecule has 0 N–H and O–H groups in total. The van der Waals surface area contributed by atoms with Gasteiger partial charge in [-0.2, -0.15) is 0 Å². The molecule has 0 unspecified atom stereocenters. The molecule has 92 valence electrons. The summed E-state index contributed by atoms with van der Waals surface area (Å²) >= 11 is 0. The molecule has 4 nitrogen and oxygen atoms in total. The standard InChI is InChI=1S/C12H15NO3S/c1-16-12-4-2-3-10(7-12)8-13-11-5-6-17(14,15)9-11/h2-4,7-8,11H,5-6,9H2,1H3/t11-/m0/s1. The summed E-state index contributed by atoms with van der Waals surface area (Å²) in [5.41, 5.74) is 0.925. The average molecular weight is 253 g/mol. The van der Waals surface area contributed by atoms with Crippen molar-refractivity contribution in [1.82, 2.24) is 0 Å². The van der Waals surface area contributed by atoms with Crippen molar-refractivity contribution in [2.75, 3.05) is 18.6 Å². The van der Waals surface area contributed by atoms with Crippen molar-refractivity contribution in [2.45, 2.75) is 12.5 Å². The molecule has 2 rings (SSSR count). The Morgan fingerprint density at radius 2 is 2.29 bits per heavy atom. The van der Waals surface area contributed by atoms with Crippen molar-refractivity contribution >= 4 is 16.1 Å². The van der Waals surface area contributed by atoms with Crippen molar-refractivity contribution in [1.29, 1.82) is 0 Å². The number of ether oxygens (including phenoxy) is 1. The average Bonchev–Trinajstić information content (AvgIpc) is 2.67. The normalized spacial score (nSPS) is 23.0. The maximum atomic E-state index is 11.3. The van der Waals surface area contributed by atoms with Gasteiger partial charge in [-0.05, 0) is 24.1 Å². The first-order valence-electron chi connectivity index (χ1n) is 5.47. The van der Waals surface area contributed by atoms with E-state index in [1.54, 1.807) is 13.3 Å². The van der Waals surface area contributed by atoms with E-state index >= 15 is 0 Å². The Bertz CT molecular complexity index is 522. The number of sulfone groups is 1. The summed E-state index contributed by atoms with van der Waals surface area (Å²) in [5, 5.41) is 0. The van der Waals surface area contributed by atoms with Crippen molar-refractivity contribution in [3.63, 3.8) is 0 Å². The van der Waals surface area contributed by atoms with Gasteiger partial charge in [-0.3, -0.25) is 4.99 Å². The molecule has 0 aromatic heterocycles. The van der Waals surface area contributed by atoms with Gasteiger partial charge in [0, 0.05) is 6.21 Å². The Morgan fingerprint density at radius 3 is 2.94 bits per heavy atom. The molecule has 1 aliphatic rings. The predicted octanol–water partition coefficient (Wildman–Crippen LogP) is 1.30. The summed E-state index contributed by atoms with van der Waals surface area (Å²) in [5.74, 6) is 1.20. The Balaban J connectivity index is 2.05. The van der Waals surface area contributed by atoms with Gasteiger partial charge >= 0.3 is 0 Å². The lowest BCUT2D eigenvalue weighted by Crippen LogP contribution is -2.07. The Labute approximate surface area is 101 Å². The van der Waals surface area contributed by atoms with Crippen molar-refractivity contribution in [3.05, 3.63) is 29.8 Å². The lowest BCUT2D eigenvalue weighted by atomic mass is 10.2. The fourth-order valence-electron chi connectivity index (χ4n) is 1.81. The van der Waals surface area contributed by atoms with Crippen LogP contribution in [0.25, 0.3) is 0 Å². The smallest absolute Gasteiger partial charge is 0.152 e. The van der Waals surface area contributed by atoms with Crippen LogP contribution in [0.5, 0.6) is 5.75 Å². The van der Waals surface area contributed by atoms with Gasteiger partial charge in [0.1, 0.15) is 5.75 Å². The summed E-state index contributed by atoms with van der Waals surface area (Å²) in [4.78, 5) is 4.30. The van der Waals surface area contributed by atoms with Gasteiger partial charge in [0.05, 0.1) is 24.7 Å². The minimum absolute atomic E-state index is 0.0915. The van der Waals surface area contributed by atoms with Crippen molar-refractivity contribution < 1.29 is 13.2 Å².